The first-order valence-electron chi connectivity index (χ1n) is 5.26. The van der Waals surface area contributed by atoms with E-state index in [0.29, 0.717) is 0 Å². The standard InChI is InChI=1S/C10H12F3N3OS/c1-6-7(16-2-3-18-9(16)15-6)4-14-5-8(17)10(11,12)13/h2-3,8,14,17H,4-5H2,1H3. The smallest absolute Gasteiger partial charge is 0.382 e. The summed E-state index contributed by atoms with van der Waals surface area (Å²) in [5, 5.41) is 13.3. The van der Waals surface area contributed by atoms with Crippen molar-refractivity contribution < 1.29 is 18.3 Å². The van der Waals surface area contributed by atoms with Crippen LogP contribution in [0.3, 0.4) is 0 Å². The topological polar surface area (TPSA) is 49.6 Å². The highest BCUT2D eigenvalue weighted by molar-refractivity contribution is 7.15. The number of hydrogen-bond donors (Lipinski definition) is 2. The first kappa shape index (κ1) is 13.3. The van der Waals surface area contributed by atoms with Crippen LogP contribution in [0.5, 0.6) is 0 Å². The molecule has 1 unspecified atom stereocenters. The van der Waals surface area contributed by atoms with Gasteiger partial charge in [0.2, 0.25) is 0 Å². The molecule has 0 bridgehead atoms. The van der Waals surface area contributed by atoms with Gasteiger partial charge in [0.1, 0.15) is 0 Å². The van der Waals surface area contributed by atoms with Gasteiger partial charge >= 0.3 is 6.18 Å². The summed E-state index contributed by atoms with van der Waals surface area (Å²) < 4.78 is 38.1. The maximum Gasteiger partial charge on any atom is 0.415 e. The van der Waals surface area contributed by atoms with Crippen molar-refractivity contribution in [2.45, 2.75) is 25.7 Å². The summed E-state index contributed by atoms with van der Waals surface area (Å²) in [5.74, 6) is 0. The molecule has 0 saturated heterocycles. The molecule has 0 aliphatic carbocycles. The third-order valence-electron chi connectivity index (χ3n) is 2.57. The summed E-state index contributed by atoms with van der Waals surface area (Å²) in [6, 6.07) is 0. The second-order valence-corrected chi connectivity index (χ2v) is 4.76. The lowest BCUT2D eigenvalue weighted by atomic mass is 10.3. The minimum Gasteiger partial charge on any atom is -0.382 e. The van der Waals surface area contributed by atoms with Crippen LogP contribution < -0.4 is 5.32 Å². The Kier molecular flexibility index (Phi) is 3.60. The van der Waals surface area contributed by atoms with E-state index in [1.54, 1.807) is 6.92 Å². The molecule has 2 aromatic heterocycles. The van der Waals surface area contributed by atoms with Gasteiger partial charge in [0, 0.05) is 24.7 Å². The van der Waals surface area contributed by atoms with Crippen molar-refractivity contribution >= 4 is 16.3 Å². The van der Waals surface area contributed by atoms with E-state index in [4.69, 9.17) is 5.11 Å². The number of nitrogens with one attached hydrogen (secondary N) is 1. The van der Waals surface area contributed by atoms with Gasteiger partial charge in [-0.15, -0.1) is 11.3 Å². The van der Waals surface area contributed by atoms with E-state index in [9.17, 15) is 13.2 Å². The van der Waals surface area contributed by atoms with Crippen molar-refractivity contribution in [1.29, 1.82) is 0 Å². The largest absolute Gasteiger partial charge is 0.415 e. The van der Waals surface area contributed by atoms with Crippen molar-refractivity contribution in [3.8, 4) is 0 Å². The number of alkyl halides is 3. The molecule has 2 heterocycles. The van der Waals surface area contributed by atoms with Gasteiger partial charge < -0.3 is 10.4 Å². The van der Waals surface area contributed by atoms with Gasteiger partial charge in [0.15, 0.2) is 11.1 Å². The highest BCUT2D eigenvalue weighted by Gasteiger charge is 2.37. The number of hydrogen-bond acceptors (Lipinski definition) is 4. The Hall–Kier alpha value is -1.12. The van der Waals surface area contributed by atoms with E-state index in [2.05, 4.69) is 10.3 Å². The predicted octanol–water partition coefficient (Wildman–Crippen LogP) is 1.72. The summed E-state index contributed by atoms with van der Waals surface area (Å²) in [4.78, 5) is 5.08. The molecule has 0 aromatic carbocycles. The lowest BCUT2D eigenvalue weighted by molar-refractivity contribution is -0.201. The second kappa shape index (κ2) is 4.87. The molecule has 4 nitrogen and oxygen atoms in total. The zero-order valence-electron chi connectivity index (χ0n) is 9.53. The van der Waals surface area contributed by atoms with Gasteiger partial charge in [-0.3, -0.25) is 4.40 Å². The van der Waals surface area contributed by atoms with Gasteiger partial charge in [-0.05, 0) is 6.92 Å². The fourth-order valence-corrected chi connectivity index (χ4v) is 2.38. The third kappa shape index (κ3) is 2.65. The maximum atomic E-state index is 12.1. The van der Waals surface area contributed by atoms with Crippen LogP contribution in [0.2, 0.25) is 0 Å². The van der Waals surface area contributed by atoms with Crippen LogP contribution in [0.1, 0.15) is 11.4 Å². The van der Waals surface area contributed by atoms with Crippen molar-refractivity contribution in [2.75, 3.05) is 6.54 Å². The summed E-state index contributed by atoms with van der Waals surface area (Å²) in [6.45, 7) is 1.51. The Morgan fingerprint density at radius 1 is 1.56 bits per heavy atom. The van der Waals surface area contributed by atoms with Crippen LogP contribution in [0, 0.1) is 6.92 Å². The van der Waals surface area contributed by atoms with E-state index in [1.165, 1.54) is 11.3 Å². The molecule has 0 amide bonds. The number of aliphatic hydroxyl groups excluding tert-OH is 1. The van der Waals surface area contributed by atoms with Crippen LogP contribution in [0.25, 0.3) is 4.96 Å². The van der Waals surface area contributed by atoms with E-state index < -0.39 is 18.8 Å². The van der Waals surface area contributed by atoms with Gasteiger partial charge in [0.05, 0.1) is 11.4 Å². The Morgan fingerprint density at radius 2 is 2.28 bits per heavy atom. The Morgan fingerprint density at radius 3 is 2.94 bits per heavy atom. The Labute approximate surface area is 105 Å². The minimum atomic E-state index is -4.59. The molecule has 0 spiro atoms. The van der Waals surface area contributed by atoms with E-state index in [0.717, 1.165) is 16.3 Å². The second-order valence-electron chi connectivity index (χ2n) is 3.89. The Balaban J connectivity index is 1.98. The number of thiazole rings is 1. The summed E-state index contributed by atoms with van der Waals surface area (Å²) in [6.07, 6.45) is -5.11. The molecular weight excluding hydrogens is 267 g/mol. The van der Waals surface area contributed by atoms with Gasteiger partial charge in [0.25, 0.3) is 0 Å². The molecule has 18 heavy (non-hydrogen) atoms. The summed E-state index contributed by atoms with van der Waals surface area (Å²) in [7, 11) is 0. The van der Waals surface area contributed by atoms with Crippen molar-refractivity contribution in [3.05, 3.63) is 23.0 Å². The minimum absolute atomic E-state index is 0.233. The number of aryl methyl sites for hydroxylation is 1. The van der Waals surface area contributed by atoms with Gasteiger partial charge in [-0.2, -0.15) is 13.2 Å². The third-order valence-corrected chi connectivity index (χ3v) is 3.33. The molecule has 8 heteroatoms. The van der Waals surface area contributed by atoms with E-state index >= 15 is 0 Å². The number of nitrogens with zero attached hydrogens (tertiary/aromatic N) is 2. The molecule has 0 aliphatic heterocycles. The number of fused-ring (bicyclic) bond motifs is 1. The highest BCUT2D eigenvalue weighted by atomic mass is 32.1. The number of halogens is 3. The van der Waals surface area contributed by atoms with Crippen LogP contribution in [-0.2, 0) is 6.54 Å². The number of rotatable bonds is 4. The molecular formula is C10H12F3N3OS. The number of aliphatic hydroxyl groups is 1. The molecule has 0 fully saturated rings. The van der Waals surface area contributed by atoms with Gasteiger partial charge in [-0.1, -0.05) is 0 Å². The first-order chi connectivity index (χ1) is 8.39. The van der Waals surface area contributed by atoms with Crippen LogP contribution in [-0.4, -0.2) is 33.3 Å². The van der Waals surface area contributed by atoms with Crippen molar-refractivity contribution in [1.82, 2.24) is 14.7 Å². The van der Waals surface area contributed by atoms with Crippen LogP contribution >= 0.6 is 11.3 Å². The maximum absolute atomic E-state index is 12.1. The predicted molar refractivity (Wildman–Crippen MR) is 61.6 cm³/mol. The lowest BCUT2D eigenvalue weighted by Crippen LogP contribution is -2.38. The molecule has 2 aromatic rings. The zero-order valence-corrected chi connectivity index (χ0v) is 10.3. The van der Waals surface area contributed by atoms with E-state index in [1.807, 2.05) is 16.0 Å². The van der Waals surface area contributed by atoms with Crippen LogP contribution in [0.15, 0.2) is 11.6 Å². The van der Waals surface area contributed by atoms with Gasteiger partial charge in [-0.25, -0.2) is 4.98 Å². The molecule has 1 atom stereocenters. The molecule has 2 N–H and O–H groups in total. The normalized spacial score (nSPS) is 14.3. The molecule has 0 aliphatic rings. The molecule has 100 valence electrons. The SMILES string of the molecule is Cc1nc2sccn2c1CNCC(O)C(F)(F)F. The summed E-state index contributed by atoms with van der Waals surface area (Å²) in [5.41, 5.74) is 1.58. The molecule has 0 radical (unpaired) electrons. The Bertz CT molecular complexity index is 534. The monoisotopic (exact) mass is 279 g/mol. The zero-order chi connectivity index (χ0) is 13.3. The molecule has 0 saturated carbocycles. The molecule has 2 rings (SSSR count). The average Bonchev–Trinajstić information content (AvgIpc) is 2.79. The fourth-order valence-electron chi connectivity index (χ4n) is 1.60. The quantitative estimate of drug-likeness (QED) is 0.896. The fraction of sp³-hybridized carbons (Fsp3) is 0.500. The van der Waals surface area contributed by atoms with E-state index in [-0.39, 0.29) is 6.54 Å². The number of imidazole rings is 1. The van der Waals surface area contributed by atoms with Crippen molar-refractivity contribution in [3.63, 3.8) is 0 Å². The first-order valence-corrected chi connectivity index (χ1v) is 6.14. The average molecular weight is 279 g/mol. The lowest BCUT2D eigenvalue weighted by Gasteiger charge is -2.14. The highest BCUT2D eigenvalue weighted by Crippen LogP contribution is 2.20. The van der Waals surface area contributed by atoms with Crippen molar-refractivity contribution in [2.24, 2.45) is 0 Å². The number of aromatic nitrogens is 2. The summed E-state index contributed by atoms with van der Waals surface area (Å²) >= 11 is 1.46. The van der Waals surface area contributed by atoms with Crippen LogP contribution in [0.4, 0.5) is 13.2 Å².